The molecule has 1 unspecified atom stereocenters. The van der Waals surface area contributed by atoms with E-state index in [9.17, 15) is 14.7 Å². The minimum absolute atomic E-state index is 0.165. The second kappa shape index (κ2) is 6.73. The zero-order valence-corrected chi connectivity index (χ0v) is 11.2. The van der Waals surface area contributed by atoms with Gasteiger partial charge in [0.2, 0.25) is 5.91 Å². The Morgan fingerprint density at radius 3 is 2.50 bits per heavy atom. The van der Waals surface area contributed by atoms with Gasteiger partial charge in [-0.15, -0.1) is 0 Å². The largest absolute Gasteiger partial charge is 0.480 e. The average molecular weight is 257 g/mol. The Morgan fingerprint density at radius 1 is 1.39 bits per heavy atom. The Hall–Kier alpha value is -1.10. The fraction of sp³-hybridized carbons (Fsp3) is 0.846. The first kappa shape index (κ1) is 15.0. The summed E-state index contributed by atoms with van der Waals surface area (Å²) in [6.07, 6.45) is 4.01. The van der Waals surface area contributed by atoms with Crippen molar-refractivity contribution in [2.24, 2.45) is 0 Å². The average Bonchev–Trinajstić information content (AvgIpc) is 2.86. The van der Waals surface area contributed by atoms with Gasteiger partial charge in [-0.25, -0.2) is 4.79 Å². The Kier molecular flexibility index (Phi) is 5.59. The standard InChI is InChI=1S/C13H23NO4/c1-3-13(4-2,12(16)17)14-11(15)8-7-10-6-5-9-18-10/h10H,3-9H2,1-2H3,(H,14,15)(H,16,17). The summed E-state index contributed by atoms with van der Waals surface area (Å²) in [5.74, 6) is -1.16. The Balaban J connectivity index is 2.43. The van der Waals surface area contributed by atoms with E-state index in [-0.39, 0.29) is 12.0 Å². The Morgan fingerprint density at radius 2 is 2.06 bits per heavy atom. The van der Waals surface area contributed by atoms with E-state index in [4.69, 9.17) is 4.74 Å². The highest BCUT2D eigenvalue weighted by Crippen LogP contribution is 2.19. The highest BCUT2D eigenvalue weighted by atomic mass is 16.5. The molecule has 1 heterocycles. The predicted octanol–water partition coefficient (Wildman–Crippen LogP) is 1.71. The SMILES string of the molecule is CCC(CC)(NC(=O)CCC1CCCO1)C(=O)O. The van der Waals surface area contributed by atoms with Crippen molar-refractivity contribution >= 4 is 11.9 Å². The van der Waals surface area contributed by atoms with E-state index in [0.29, 0.717) is 25.7 Å². The summed E-state index contributed by atoms with van der Waals surface area (Å²) in [4.78, 5) is 23.0. The van der Waals surface area contributed by atoms with Crippen molar-refractivity contribution < 1.29 is 19.4 Å². The van der Waals surface area contributed by atoms with Gasteiger partial charge in [0.25, 0.3) is 0 Å². The third kappa shape index (κ3) is 3.70. The van der Waals surface area contributed by atoms with Gasteiger partial charge in [0.15, 0.2) is 0 Å². The van der Waals surface area contributed by atoms with Crippen LogP contribution in [0, 0.1) is 0 Å². The van der Waals surface area contributed by atoms with Crippen molar-refractivity contribution in [2.45, 2.75) is 64.0 Å². The summed E-state index contributed by atoms with van der Waals surface area (Å²) >= 11 is 0. The first-order valence-electron chi connectivity index (χ1n) is 6.70. The van der Waals surface area contributed by atoms with Crippen molar-refractivity contribution in [3.05, 3.63) is 0 Å². The van der Waals surface area contributed by atoms with Crippen molar-refractivity contribution in [3.8, 4) is 0 Å². The topological polar surface area (TPSA) is 75.6 Å². The van der Waals surface area contributed by atoms with Crippen LogP contribution in [0.1, 0.15) is 52.4 Å². The molecule has 0 aliphatic carbocycles. The third-order valence-electron chi connectivity index (χ3n) is 3.71. The number of carboxylic acid groups (broad SMARTS) is 1. The zero-order chi connectivity index (χ0) is 13.6. The molecule has 5 nitrogen and oxygen atoms in total. The fourth-order valence-electron chi connectivity index (χ4n) is 2.28. The number of hydrogen-bond acceptors (Lipinski definition) is 3. The number of ether oxygens (including phenoxy) is 1. The van der Waals surface area contributed by atoms with Crippen LogP contribution in [0.25, 0.3) is 0 Å². The summed E-state index contributed by atoms with van der Waals surface area (Å²) < 4.78 is 5.44. The molecule has 5 heteroatoms. The molecule has 0 aromatic heterocycles. The van der Waals surface area contributed by atoms with Crippen LogP contribution in [0.3, 0.4) is 0 Å². The maximum Gasteiger partial charge on any atom is 0.329 e. The molecule has 0 radical (unpaired) electrons. The van der Waals surface area contributed by atoms with Crippen LogP contribution in [0.5, 0.6) is 0 Å². The van der Waals surface area contributed by atoms with Crippen LogP contribution >= 0.6 is 0 Å². The van der Waals surface area contributed by atoms with Crippen LogP contribution in [0.2, 0.25) is 0 Å². The number of aliphatic carboxylic acids is 1. The monoisotopic (exact) mass is 257 g/mol. The lowest BCUT2D eigenvalue weighted by Crippen LogP contribution is -2.53. The molecule has 0 aromatic carbocycles. The highest BCUT2D eigenvalue weighted by Gasteiger charge is 2.36. The van der Waals surface area contributed by atoms with Crippen LogP contribution in [0.4, 0.5) is 0 Å². The molecular weight excluding hydrogens is 234 g/mol. The quantitative estimate of drug-likeness (QED) is 0.728. The van der Waals surface area contributed by atoms with Gasteiger partial charge >= 0.3 is 5.97 Å². The van der Waals surface area contributed by atoms with Crippen molar-refractivity contribution in [1.82, 2.24) is 5.32 Å². The normalized spacial score (nSPS) is 19.8. The van der Waals surface area contributed by atoms with E-state index in [2.05, 4.69) is 5.32 Å². The summed E-state index contributed by atoms with van der Waals surface area (Å²) in [6.45, 7) is 4.32. The van der Waals surface area contributed by atoms with Crippen molar-refractivity contribution in [3.63, 3.8) is 0 Å². The third-order valence-corrected chi connectivity index (χ3v) is 3.71. The molecule has 1 saturated heterocycles. The number of rotatable bonds is 7. The van der Waals surface area contributed by atoms with E-state index >= 15 is 0 Å². The minimum atomic E-state index is -1.12. The zero-order valence-electron chi connectivity index (χ0n) is 11.2. The molecule has 0 saturated carbocycles. The number of carboxylic acids is 1. The van der Waals surface area contributed by atoms with E-state index in [0.717, 1.165) is 19.4 Å². The van der Waals surface area contributed by atoms with E-state index in [1.165, 1.54) is 0 Å². The smallest absolute Gasteiger partial charge is 0.329 e. The first-order chi connectivity index (χ1) is 8.54. The van der Waals surface area contributed by atoms with Crippen LogP contribution in [-0.4, -0.2) is 35.2 Å². The molecule has 2 N–H and O–H groups in total. The number of amides is 1. The van der Waals surface area contributed by atoms with Gasteiger partial charge in [-0.05, 0) is 32.1 Å². The van der Waals surface area contributed by atoms with Crippen molar-refractivity contribution in [2.75, 3.05) is 6.61 Å². The lowest BCUT2D eigenvalue weighted by Gasteiger charge is -2.28. The van der Waals surface area contributed by atoms with Gasteiger partial charge in [0, 0.05) is 13.0 Å². The number of nitrogens with one attached hydrogen (secondary N) is 1. The lowest BCUT2D eigenvalue weighted by molar-refractivity contribution is -0.148. The maximum atomic E-state index is 11.8. The van der Waals surface area contributed by atoms with Gasteiger partial charge in [-0.2, -0.15) is 0 Å². The summed E-state index contributed by atoms with van der Waals surface area (Å²) in [6, 6.07) is 0. The summed E-state index contributed by atoms with van der Waals surface area (Å²) in [5.41, 5.74) is -1.12. The van der Waals surface area contributed by atoms with E-state index in [1.807, 2.05) is 0 Å². The second-order valence-electron chi connectivity index (χ2n) is 4.82. The van der Waals surface area contributed by atoms with Crippen LogP contribution in [-0.2, 0) is 14.3 Å². The van der Waals surface area contributed by atoms with Gasteiger partial charge in [0.05, 0.1) is 6.10 Å². The molecule has 0 aromatic rings. The Labute approximate surface area is 108 Å². The minimum Gasteiger partial charge on any atom is -0.480 e. The Bertz CT molecular complexity index is 293. The summed E-state index contributed by atoms with van der Waals surface area (Å²) in [5, 5.41) is 11.9. The van der Waals surface area contributed by atoms with Crippen LogP contribution in [0.15, 0.2) is 0 Å². The molecule has 1 atom stereocenters. The van der Waals surface area contributed by atoms with E-state index in [1.54, 1.807) is 13.8 Å². The molecule has 1 aliphatic rings. The molecule has 18 heavy (non-hydrogen) atoms. The molecular formula is C13H23NO4. The predicted molar refractivity (Wildman–Crippen MR) is 67.3 cm³/mol. The van der Waals surface area contributed by atoms with Gasteiger partial charge in [0.1, 0.15) is 5.54 Å². The molecule has 104 valence electrons. The van der Waals surface area contributed by atoms with Gasteiger partial charge in [-0.3, -0.25) is 4.79 Å². The highest BCUT2D eigenvalue weighted by molar-refractivity contribution is 5.86. The van der Waals surface area contributed by atoms with Crippen LogP contribution < -0.4 is 5.32 Å². The number of carbonyl (C=O) groups is 2. The molecule has 1 rings (SSSR count). The number of carbonyl (C=O) groups excluding carboxylic acids is 1. The van der Waals surface area contributed by atoms with Gasteiger partial charge < -0.3 is 15.2 Å². The summed E-state index contributed by atoms with van der Waals surface area (Å²) in [7, 11) is 0. The second-order valence-corrected chi connectivity index (χ2v) is 4.82. The van der Waals surface area contributed by atoms with E-state index < -0.39 is 11.5 Å². The van der Waals surface area contributed by atoms with Crippen molar-refractivity contribution in [1.29, 1.82) is 0 Å². The fourth-order valence-corrected chi connectivity index (χ4v) is 2.28. The molecule has 0 spiro atoms. The number of hydrogen-bond donors (Lipinski definition) is 2. The molecule has 0 bridgehead atoms. The lowest BCUT2D eigenvalue weighted by atomic mass is 9.92. The first-order valence-corrected chi connectivity index (χ1v) is 6.70. The van der Waals surface area contributed by atoms with Gasteiger partial charge in [-0.1, -0.05) is 13.8 Å². The maximum absolute atomic E-state index is 11.8. The molecule has 1 fully saturated rings. The molecule has 1 aliphatic heterocycles. The molecule has 1 amide bonds.